The monoisotopic (exact) mass is 397 g/mol. The molecule has 150 valence electrons. The van der Waals surface area contributed by atoms with Gasteiger partial charge in [-0.25, -0.2) is 4.79 Å². The second-order valence-electron chi connectivity index (χ2n) is 6.25. The molecule has 8 nitrogen and oxygen atoms in total. The van der Waals surface area contributed by atoms with Gasteiger partial charge in [0.05, 0.1) is 0 Å². The zero-order chi connectivity index (χ0) is 20.1. The molecule has 0 aliphatic carbocycles. The maximum absolute atomic E-state index is 12.0. The molecule has 0 bridgehead atoms. The second kappa shape index (κ2) is 8.55. The zero-order valence-corrected chi connectivity index (χ0v) is 15.5. The first-order chi connectivity index (χ1) is 14.2. The quantitative estimate of drug-likeness (QED) is 0.612. The van der Waals surface area contributed by atoms with E-state index in [0.717, 1.165) is 5.56 Å². The highest BCUT2D eigenvalue weighted by Gasteiger charge is 2.14. The van der Waals surface area contributed by atoms with E-state index in [2.05, 4.69) is 5.32 Å². The van der Waals surface area contributed by atoms with Gasteiger partial charge in [-0.2, -0.15) is 0 Å². The first-order valence-corrected chi connectivity index (χ1v) is 9.11. The van der Waals surface area contributed by atoms with Gasteiger partial charge in [0, 0.05) is 17.8 Å². The van der Waals surface area contributed by atoms with Crippen LogP contribution < -0.4 is 24.3 Å². The van der Waals surface area contributed by atoms with Gasteiger partial charge in [0.1, 0.15) is 26.4 Å². The number of hydrogen-bond acceptors (Lipinski definition) is 7. The lowest BCUT2D eigenvalue weighted by Gasteiger charge is -2.19. The summed E-state index contributed by atoms with van der Waals surface area (Å²) >= 11 is 0. The van der Waals surface area contributed by atoms with Gasteiger partial charge >= 0.3 is 5.97 Å². The smallest absolute Gasteiger partial charge is 0.331 e. The average Bonchev–Trinajstić information content (AvgIpc) is 2.76. The number of ether oxygens (including phenoxy) is 5. The van der Waals surface area contributed by atoms with Crippen molar-refractivity contribution < 1.29 is 33.3 Å². The van der Waals surface area contributed by atoms with Crippen molar-refractivity contribution in [2.24, 2.45) is 0 Å². The van der Waals surface area contributed by atoms with Crippen molar-refractivity contribution in [1.82, 2.24) is 0 Å². The summed E-state index contributed by atoms with van der Waals surface area (Å²) in [5.74, 6) is 1.41. The van der Waals surface area contributed by atoms with Gasteiger partial charge in [0.15, 0.2) is 29.6 Å². The first-order valence-electron chi connectivity index (χ1n) is 9.11. The van der Waals surface area contributed by atoms with Crippen LogP contribution in [0.3, 0.4) is 0 Å². The van der Waals surface area contributed by atoms with E-state index in [1.54, 1.807) is 42.5 Å². The Labute approximate surface area is 167 Å². The minimum atomic E-state index is -0.628. The Hall–Kier alpha value is -3.68. The van der Waals surface area contributed by atoms with Crippen molar-refractivity contribution in [1.29, 1.82) is 0 Å². The lowest BCUT2D eigenvalue weighted by Crippen LogP contribution is -2.20. The minimum Gasteiger partial charge on any atom is -0.486 e. The number of carbonyl (C=O) groups is 2. The number of hydrogen-bond donors (Lipinski definition) is 1. The normalized spacial score (nSPS) is 14.3. The molecule has 8 heteroatoms. The summed E-state index contributed by atoms with van der Waals surface area (Å²) in [4.78, 5) is 23.9. The predicted octanol–water partition coefficient (Wildman–Crippen LogP) is 2.42. The second-order valence-corrected chi connectivity index (χ2v) is 6.25. The van der Waals surface area contributed by atoms with Crippen LogP contribution in [0, 0.1) is 0 Å². The highest BCUT2D eigenvalue weighted by Crippen LogP contribution is 2.33. The number of carbonyl (C=O) groups excluding carboxylic acids is 2. The Balaban J connectivity index is 1.27. The molecule has 0 atom stereocenters. The van der Waals surface area contributed by atoms with Crippen molar-refractivity contribution in [2.75, 3.05) is 38.4 Å². The number of fused-ring (bicyclic) bond motifs is 2. The molecule has 0 fully saturated rings. The molecule has 2 heterocycles. The summed E-state index contributed by atoms with van der Waals surface area (Å²) in [6, 6.07) is 10.4. The third-order valence-corrected chi connectivity index (χ3v) is 4.15. The molecular formula is C21H19NO7. The van der Waals surface area contributed by atoms with E-state index in [0.29, 0.717) is 55.1 Å². The van der Waals surface area contributed by atoms with Crippen molar-refractivity contribution in [3.63, 3.8) is 0 Å². The molecule has 29 heavy (non-hydrogen) atoms. The molecule has 0 saturated heterocycles. The Morgan fingerprint density at radius 2 is 1.48 bits per heavy atom. The molecule has 0 aromatic heterocycles. The minimum absolute atomic E-state index is 0.404. The lowest BCUT2D eigenvalue weighted by atomic mass is 10.2. The van der Waals surface area contributed by atoms with Gasteiger partial charge in [0.25, 0.3) is 5.91 Å². The Morgan fingerprint density at radius 3 is 2.21 bits per heavy atom. The molecule has 0 saturated carbocycles. The number of amides is 1. The van der Waals surface area contributed by atoms with Crippen LogP contribution in [0.2, 0.25) is 0 Å². The van der Waals surface area contributed by atoms with Crippen LogP contribution in [0.15, 0.2) is 42.5 Å². The van der Waals surface area contributed by atoms with Crippen LogP contribution in [0.4, 0.5) is 5.69 Å². The van der Waals surface area contributed by atoms with Crippen molar-refractivity contribution in [2.45, 2.75) is 0 Å². The molecule has 0 unspecified atom stereocenters. The molecule has 2 aliphatic heterocycles. The highest BCUT2D eigenvalue weighted by atomic mass is 16.6. The molecule has 2 aromatic carbocycles. The fourth-order valence-electron chi connectivity index (χ4n) is 2.83. The molecule has 1 N–H and O–H groups in total. The van der Waals surface area contributed by atoms with Gasteiger partial charge in [-0.15, -0.1) is 0 Å². The number of nitrogens with one attached hydrogen (secondary N) is 1. The summed E-state index contributed by atoms with van der Waals surface area (Å²) in [5.41, 5.74) is 1.29. The van der Waals surface area contributed by atoms with Crippen LogP contribution in [-0.4, -0.2) is 44.9 Å². The summed E-state index contributed by atoms with van der Waals surface area (Å²) in [5, 5.41) is 2.65. The Kier molecular flexibility index (Phi) is 5.51. The summed E-state index contributed by atoms with van der Waals surface area (Å²) in [6.45, 7) is 1.55. The van der Waals surface area contributed by atoms with Gasteiger partial charge < -0.3 is 29.0 Å². The van der Waals surface area contributed by atoms with Crippen LogP contribution in [0.5, 0.6) is 23.0 Å². The topological polar surface area (TPSA) is 92.3 Å². The molecule has 0 spiro atoms. The van der Waals surface area contributed by atoms with E-state index in [9.17, 15) is 9.59 Å². The third kappa shape index (κ3) is 4.78. The highest BCUT2D eigenvalue weighted by molar-refractivity contribution is 5.94. The molecule has 1 amide bonds. The Bertz CT molecular complexity index is 954. The van der Waals surface area contributed by atoms with Crippen molar-refractivity contribution in [3.8, 4) is 23.0 Å². The van der Waals surface area contributed by atoms with Gasteiger partial charge in [-0.05, 0) is 35.9 Å². The maximum atomic E-state index is 12.0. The molecule has 4 rings (SSSR count). The van der Waals surface area contributed by atoms with E-state index < -0.39 is 18.5 Å². The maximum Gasteiger partial charge on any atom is 0.331 e. The van der Waals surface area contributed by atoms with Gasteiger partial charge in [-0.3, -0.25) is 4.79 Å². The van der Waals surface area contributed by atoms with E-state index in [1.165, 1.54) is 6.08 Å². The predicted molar refractivity (Wildman–Crippen MR) is 103 cm³/mol. The Morgan fingerprint density at radius 1 is 0.862 bits per heavy atom. The van der Waals surface area contributed by atoms with Crippen LogP contribution >= 0.6 is 0 Å². The van der Waals surface area contributed by atoms with E-state index in [1.807, 2.05) is 0 Å². The number of esters is 1. The van der Waals surface area contributed by atoms with Gasteiger partial charge in [-0.1, -0.05) is 6.07 Å². The number of rotatable bonds is 5. The largest absolute Gasteiger partial charge is 0.486 e. The average molecular weight is 397 g/mol. The fraction of sp³-hybridized carbons (Fsp3) is 0.238. The van der Waals surface area contributed by atoms with Crippen LogP contribution in [-0.2, 0) is 14.3 Å². The van der Waals surface area contributed by atoms with E-state index in [4.69, 9.17) is 23.7 Å². The molecule has 0 radical (unpaired) electrons. The van der Waals surface area contributed by atoms with Gasteiger partial charge in [0.2, 0.25) is 0 Å². The van der Waals surface area contributed by atoms with E-state index >= 15 is 0 Å². The zero-order valence-electron chi connectivity index (χ0n) is 15.5. The third-order valence-electron chi connectivity index (χ3n) is 4.15. The van der Waals surface area contributed by atoms with Crippen LogP contribution in [0.25, 0.3) is 6.08 Å². The van der Waals surface area contributed by atoms with Crippen LogP contribution in [0.1, 0.15) is 5.56 Å². The molecule has 2 aliphatic rings. The summed E-state index contributed by atoms with van der Waals surface area (Å²) in [6.07, 6.45) is 2.84. The first kappa shape index (κ1) is 18.7. The van der Waals surface area contributed by atoms with Crippen molar-refractivity contribution >= 4 is 23.6 Å². The molecular weight excluding hydrogens is 378 g/mol. The lowest BCUT2D eigenvalue weighted by molar-refractivity contribution is -0.142. The number of benzene rings is 2. The fourth-order valence-corrected chi connectivity index (χ4v) is 2.83. The SMILES string of the molecule is O=C(COC(=O)/C=C/c1ccc2c(c1)OCCO2)Nc1ccc2c(c1)OCCO2. The summed E-state index contributed by atoms with van der Waals surface area (Å²) < 4.78 is 26.8. The standard InChI is InChI=1S/C21H19NO7/c23-20(22-15-3-5-17-19(12-15)28-10-8-26-17)13-29-21(24)6-2-14-1-4-16-18(11-14)27-9-7-25-16/h1-6,11-12H,7-10,13H2,(H,22,23)/b6-2+. The van der Waals surface area contributed by atoms with E-state index in [-0.39, 0.29) is 0 Å². The molecule has 2 aromatic rings. The number of anilines is 1. The van der Waals surface area contributed by atoms with Crippen molar-refractivity contribution in [3.05, 3.63) is 48.0 Å². The summed E-state index contributed by atoms with van der Waals surface area (Å²) in [7, 11) is 0.